The molecule has 75 heavy (non-hydrogen) atoms. The number of Topliss-reactive ketones (excluding diaryl/α,β-unsaturated/α-hetero) is 9. The summed E-state index contributed by atoms with van der Waals surface area (Å²) in [5, 5.41) is 0. The van der Waals surface area contributed by atoms with E-state index in [1.54, 1.807) is 95.1 Å². The number of imidazole rings is 4. The van der Waals surface area contributed by atoms with E-state index < -0.39 is 0 Å². The zero-order valence-electron chi connectivity index (χ0n) is 45.5. The van der Waals surface area contributed by atoms with E-state index in [2.05, 4.69) is 31.9 Å². The third kappa shape index (κ3) is 18.2. The highest BCUT2D eigenvalue weighted by Gasteiger charge is 2.23. The smallest absolute Gasteiger partial charge is 0.204 e. The number of hydrogen-bond acceptors (Lipinski definition) is 14. The zero-order valence-corrected chi connectivity index (χ0v) is 45.5. The number of carbonyl (C=O) groups excluding carboxylic acids is 9. The van der Waals surface area contributed by atoms with Crippen LogP contribution in [0.5, 0.6) is 0 Å². The third-order valence-electron chi connectivity index (χ3n) is 13.3. The first-order valence-corrected chi connectivity index (χ1v) is 26.1. The second-order valence-electron chi connectivity index (χ2n) is 21.1. The lowest BCUT2D eigenvalue weighted by Crippen LogP contribution is -2.22. The van der Waals surface area contributed by atoms with E-state index in [1.807, 2.05) is 20.8 Å². The van der Waals surface area contributed by atoms with Crippen LogP contribution >= 0.6 is 0 Å². The number of aromatic nitrogens is 9. The normalized spacial score (nSPS) is 11.7. The summed E-state index contributed by atoms with van der Waals surface area (Å²) in [5.41, 5.74) is 2.07. The van der Waals surface area contributed by atoms with Crippen molar-refractivity contribution >= 4 is 52.0 Å². The van der Waals surface area contributed by atoms with Crippen molar-refractivity contribution in [2.24, 2.45) is 40.7 Å². The molecule has 5 aromatic rings. The highest BCUT2D eigenvalue weighted by Crippen LogP contribution is 2.20. The number of ketones is 9. The second-order valence-corrected chi connectivity index (χ2v) is 21.1. The summed E-state index contributed by atoms with van der Waals surface area (Å²) in [6.07, 6.45) is 16.5. The average Bonchev–Trinajstić information content (AvgIpc) is 4.18. The molecule has 0 fully saturated rings. The Morgan fingerprint density at radius 3 is 1.39 bits per heavy atom. The molecule has 0 aliphatic carbocycles. The van der Waals surface area contributed by atoms with Crippen LogP contribution < -0.4 is 0 Å². The molecule has 0 aromatic carbocycles. The number of nitrogens with zero attached hydrogens (tertiary/aromatic N) is 10. The summed E-state index contributed by atoms with van der Waals surface area (Å²) in [6, 6.07) is 1.66. The number of rotatable bonds is 35. The maximum Gasteiger partial charge on any atom is 0.204 e. The van der Waals surface area contributed by atoms with Crippen molar-refractivity contribution in [2.45, 2.75) is 143 Å². The first-order valence-electron chi connectivity index (χ1n) is 26.1. The predicted molar refractivity (Wildman–Crippen MR) is 281 cm³/mol. The fourth-order valence-electron chi connectivity index (χ4n) is 9.02. The van der Waals surface area contributed by atoms with Gasteiger partial charge in [0.25, 0.3) is 0 Å². The average molecular weight is 1030 g/mol. The summed E-state index contributed by atoms with van der Waals surface area (Å²) >= 11 is 0. The minimum Gasteiger partial charge on any atom is -0.348 e. The fourth-order valence-corrected chi connectivity index (χ4v) is 9.02. The third-order valence-corrected chi connectivity index (χ3v) is 13.3. The number of unbranched alkanes of at least 4 members (excludes halogenated alkanes) is 2. The Balaban J connectivity index is 0.960. The maximum atomic E-state index is 13.4. The van der Waals surface area contributed by atoms with Crippen molar-refractivity contribution < 1.29 is 43.2 Å². The quantitative estimate of drug-likeness (QED) is 0.0295. The minimum atomic E-state index is -0.293. The van der Waals surface area contributed by atoms with E-state index >= 15 is 0 Å². The molecule has 5 rings (SSSR count). The molecule has 0 spiro atoms. The van der Waals surface area contributed by atoms with E-state index in [0.717, 1.165) is 38.8 Å². The van der Waals surface area contributed by atoms with Crippen molar-refractivity contribution in [3.05, 3.63) is 94.9 Å². The van der Waals surface area contributed by atoms with Crippen LogP contribution in [-0.2, 0) is 80.1 Å². The van der Waals surface area contributed by atoms with Gasteiger partial charge in [0.1, 0.15) is 23.1 Å². The first kappa shape index (κ1) is 59.0. The van der Waals surface area contributed by atoms with Crippen LogP contribution in [-0.4, -0.2) is 120 Å². The molecule has 0 unspecified atom stereocenters. The Bertz CT molecular complexity index is 2860. The van der Waals surface area contributed by atoms with Gasteiger partial charge in [-0.15, -0.1) is 0 Å². The Morgan fingerprint density at radius 1 is 0.453 bits per heavy atom. The molecule has 0 aliphatic heterocycles. The molecule has 0 N–H and O–H groups in total. The van der Waals surface area contributed by atoms with E-state index in [4.69, 9.17) is 0 Å². The SMILES string of the molecule is CN(CCCCC(=O)CCCC(=O)c1nc(CC(=O)CCCC(=O)c2cc(CC(=O)c3nc(CC(=O)CCCC(=O)c4nc(CC(=O)c5nccn5C)cn4C)cn3C)cn2C)cn1C)CCCCC(=O)C(C)(C)C. The molecule has 0 saturated heterocycles. The maximum absolute atomic E-state index is 13.4. The van der Waals surface area contributed by atoms with Crippen LogP contribution in [0.1, 0.15) is 193 Å². The van der Waals surface area contributed by atoms with E-state index in [9.17, 15) is 43.2 Å². The van der Waals surface area contributed by atoms with Crippen molar-refractivity contribution in [1.82, 2.24) is 47.7 Å². The van der Waals surface area contributed by atoms with Gasteiger partial charge in [0.05, 0.1) is 42.0 Å². The van der Waals surface area contributed by atoms with E-state index in [1.165, 1.54) is 6.20 Å². The van der Waals surface area contributed by atoms with Gasteiger partial charge in [0, 0.05) is 136 Å². The molecular formula is C56H76N10O9. The van der Waals surface area contributed by atoms with Gasteiger partial charge in [-0.2, -0.15) is 0 Å². The summed E-state index contributed by atoms with van der Waals surface area (Å²) in [6.45, 7) is 7.67. The van der Waals surface area contributed by atoms with Crippen LogP contribution in [0.2, 0.25) is 0 Å². The van der Waals surface area contributed by atoms with Gasteiger partial charge in [0.15, 0.2) is 40.6 Å². The fraction of sp³-hybridized carbons (Fsp3) is 0.554. The van der Waals surface area contributed by atoms with E-state index in [-0.39, 0.29) is 127 Å². The lowest BCUT2D eigenvalue weighted by Gasteiger charge is -2.18. The van der Waals surface area contributed by atoms with Gasteiger partial charge in [0.2, 0.25) is 11.6 Å². The lowest BCUT2D eigenvalue weighted by atomic mass is 9.88. The molecule has 0 aliphatic rings. The largest absolute Gasteiger partial charge is 0.348 e. The summed E-state index contributed by atoms with van der Waals surface area (Å²) in [4.78, 5) is 135. The second kappa shape index (κ2) is 27.6. The van der Waals surface area contributed by atoms with Gasteiger partial charge >= 0.3 is 0 Å². The zero-order chi connectivity index (χ0) is 55.0. The molecule has 0 atom stereocenters. The summed E-state index contributed by atoms with van der Waals surface area (Å²) in [7, 11) is 10.6. The van der Waals surface area contributed by atoms with Crippen molar-refractivity contribution in [2.75, 3.05) is 20.1 Å². The molecule has 5 aromatic heterocycles. The molecule has 404 valence electrons. The van der Waals surface area contributed by atoms with Crippen LogP contribution in [0.3, 0.4) is 0 Å². The Hall–Kier alpha value is -6.89. The van der Waals surface area contributed by atoms with Gasteiger partial charge in [-0.1, -0.05) is 20.8 Å². The molecular weight excluding hydrogens is 957 g/mol. The minimum absolute atomic E-state index is 0.00180. The number of aryl methyl sites for hydroxylation is 5. The van der Waals surface area contributed by atoms with Crippen molar-refractivity contribution in [3.8, 4) is 0 Å². The number of hydrogen-bond donors (Lipinski definition) is 0. The van der Waals surface area contributed by atoms with Crippen LogP contribution in [0.25, 0.3) is 0 Å². The van der Waals surface area contributed by atoms with Crippen molar-refractivity contribution in [1.29, 1.82) is 0 Å². The Kier molecular flexibility index (Phi) is 21.7. The predicted octanol–water partition coefficient (Wildman–Crippen LogP) is 6.95. The lowest BCUT2D eigenvalue weighted by molar-refractivity contribution is -0.126. The monoisotopic (exact) mass is 1030 g/mol. The highest BCUT2D eigenvalue weighted by molar-refractivity contribution is 5.98. The molecule has 0 bridgehead atoms. The van der Waals surface area contributed by atoms with Crippen LogP contribution in [0, 0.1) is 5.41 Å². The summed E-state index contributed by atoms with van der Waals surface area (Å²) < 4.78 is 8.04. The van der Waals surface area contributed by atoms with Gasteiger partial charge < -0.3 is 27.7 Å². The molecule has 19 nitrogen and oxygen atoms in total. The first-order chi connectivity index (χ1) is 35.5. The summed E-state index contributed by atoms with van der Waals surface area (Å²) in [5.74, 6) is -0.0149. The molecule has 5 heterocycles. The van der Waals surface area contributed by atoms with Gasteiger partial charge in [-0.3, -0.25) is 43.2 Å². The van der Waals surface area contributed by atoms with Gasteiger partial charge in [-0.05, 0) is 76.7 Å². The number of carbonyl (C=O) groups is 9. The highest BCUT2D eigenvalue weighted by atomic mass is 16.2. The Labute approximate surface area is 439 Å². The molecule has 0 amide bonds. The van der Waals surface area contributed by atoms with E-state index in [0.29, 0.717) is 78.5 Å². The topological polar surface area (TPSA) is 233 Å². The Morgan fingerprint density at radius 2 is 0.893 bits per heavy atom. The molecule has 0 saturated carbocycles. The van der Waals surface area contributed by atoms with Gasteiger partial charge in [-0.25, -0.2) is 19.9 Å². The van der Waals surface area contributed by atoms with Crippen LogP contribution in [0.15, 0.2) is 43.2 Å². The van der Waals surface area contributed by atoms with Crippen molar-refractivity contribution in [3.63, 3.8) is 0 Å². The van der Waals surface area contributed by atoms with Crippen LogP contribution in [0.4, 0.5) is 0 Å². The molecule has 0 radical (unpaired) electrons. The standard InChI is InChI=1S/C56H76N10O9/c1-56(2,3)51(75)24-11-13-27-61(4)26-12-10-17-42(67)18-14-22-47(71)53-58-39(35-64(53)7)31-43(68)19-15-21-46(70)45-29-38(34-63(45)6)30-49(73)55-59-40(36-66(55)9)32-44(69)20-16-23-48(72)54-60-41(37-65(54)8)33-50(74)52-57-25-28-62(52)5/h25,28-29,34-37H,10-24,26-27,30-33H2,1-9H3. The molecule has 19 heteroatoms.